The maximum Gasteiger partial charge on any atom is 0.416 e. The largest absolute Gasteiger partial charge is 0.416 e. The van der Waals surface area contributed by atoms with Crippen LogP contribution in [0.25, 0.3) is 0 Å². The van der Waals surface area contributed by atoms with Gasteiger partial charge < -0.3 is 5.32 Å². The summed E-state index contributed by atoms with van der Waals surface area (Å²) in [5.41, 5.74) is -0.956. The molecule has 6 nitrogen and oxygen atoms in total. The van der Waals surface area contributed by atoms with Crippen molar-refractivity contribution in [2.24, 2.45) is 0 Å². The van der Waals surface area contributed by atoms with Crippen LogP contribution in [0.1, 0.15) is 5.56 Å². The van der Waals surface area contributed by atoms with E-state index in [1.54, 1.807) is 22.6 Å². The van der Waals surface area contributed by atoms with E-state index >= 15 is 0 Å². The molecule has 1 aromatic carbocycles. The molecular formula is C15H13F3IN3O3S. The molecule has 11 heteroatoms. The molecule has 140 valence electrons. The molecule has 0 saturated carbocycles. The van der Waals surface area contributed by atoms with Gasteiger partial charge in [0.1, 0.15) is 4.90 Å². The number of nitrogens with one attached hydrogen (secondary N) is 1. The van der Waals surface area contributed by atoms with E-state index < -0.39 is 34.2 Å². The van der Waals surface area contributed by atoms with Crippen LogP contribution >= 0.6 is 22.6 Å². The molecule has 1 heterocycles. The van der Waals surface area contributed by atoms with Crippen molar-refractivity contribution in [2.75, 3.05) is 18.9 Å². The second-order valence-electron chi connectivity index (χ2n) is 5.19. The summed E-state index contributed by atoms with van der Waals surface area (Å²) in [5.74, 6) is -0.766. The first-order valence-electron chi connectivity index (χ1n) is 7.05. The first-order valence-corrected chi connectivity index (χ1v) is 9.56. The Hall–Kier alpha value is -1.73. The van der Waals surface area contributed by atoms with E-state index in [4.69, 9.17) is 0 Å². The Morgan fingerprint density at radius 1 is 1.31 bits per heavy atom. The Morgan fingerprint density at radius 3 is 2.58 bits per heavy atom. The van der Waals surface area contributed by atoms with Crippen LogP contribution < -0.4 is 5.32 Å². The van der Waals surface area contributed by atoms with Crippen molar-refractivity contribution in [3.63, 3.8) is 0 Å². The molecule has 2 rings (SSSR count). The average molecular weight is 499 g/mol. The molecular weight excluding hydrogens is 486 g/mol. The van der Waals surface area contributed by atoms with Gasteiger partial charge in [-0.15, -0.1) is 0 Å². The van der Waals surface area contributed by atoms with E-state index in [1.807, 2.05) is 0 Å². The number of pyridine rings is 1. The van der Waals surface area contributed by atoms with Crippen molar-refractivity contribution in [1.82, 2.24) is 9.29 Å². The summed E-state index contributed by atoms with van der Waals surface area (Å²) in [6.45, 7) is -0.566. The first kappa shape index (κ1) is 20.6. The molecule has 0 unspecified atom stereocenters. The Labute approximate surface area is 161 Å². The first-order chi connectivity index (χ1) is 12.0. The molecule has 1 aromatic heterocycles. The highest BCUT2D eigenvalue weighted by Crippen LogP contribution is 2.32. The fourth-order valence-corrected chi connectivity index (χ4v) is 3.52. The summed E-state index contributed by atoms with van der Waals surface area (Å²) >= 11 is 1.78. The summed E-state index contributed by atoms with van der Waals surface area (Å²) in [6.07, 6.45) is -2.01. The Morgan fingerprint density at radius 2 is 2.00 bits per heavy atom. The normalized spacial score (nSPS) is 12.2. The van der Waals surface area contributed by atoms with Crippen LogP contribution in [0.5, 0.6) is 0 Å². The molecule has 0 fully saturated rings. The third-order valence-corrected chi connectivity index (χ3v) is 6.00. The lowest BCUT2D eigenvalue weighted by molar-refractivity contribution is -0.137. The fourth-order valence-electron chi connectivity index (χ4n) is 1.95. The van der Waals surface area contributed by atoms with Gasteiger partial charge in [-0.05, 0) is 52.9 Å². The van der Waals surface area contributed by atoms with Crippen LogP contribution in [0, 0.1) is 3.57 Å². The maximum atomic E-state index is 12.8. The van der Waals surface area contributed by atoms with Gasteiger partial charge in [0.05, 0.1) is 17.8 Å². The van der Waals surface area contributed by atoms with Gasteiger partial charge in [-0.2, -0.15) is 17.5 Å². The van der Waals surface area contributed by atoms with Crippen molar-refractivity contribution in [2.45, 2.75) is 11.1 Å². The molecule has 0 radical (unpaired) electrons. The highest BCUT2D eigenvalue weighted by molar-refractivity contribution is 14.1. The molecule has 0 atom stereocenters. The van der Waals surface area contributed by atoms with E-state index in [-0.39, 0.29) is 10.6 Å². The van der Waals surface area contributed by atoms with Crippen molar-refractivity contribution in [3.8, 4) is 0 Å². The number of hydrogen-bond donors (Lipinski definition) is 1. The van der Waals surface area contributed by atoms with Gasteiger partial charge in [-0.3, -0.25) is 9.78 Å². The molecule has 0 spiro atoms. The number of hydrogen-bond acceptors (Lipinski definition) is 4. The second-order valence-corrected chi connectivity index (χ2v) is 8.40. The van der Waals surface area contributed by atoms with E-state index in [2.05, 4.69) is 10.3 Å². The van der Waals surface area contributed by atoms with Crippen LogP contribution in [0.3, 0.4) is 0 Å². The van der Waals surface area contributed by atoms with Gasteiger partial charge in [-0.25, -0.2) is 8.42 Å². The van der Waals surface area contributed by atoms with Crippen LogP contribution in [-0.2, 0) is 21.0 Å². The van der Waals surface area contributed by atoms with Crippen LogP contribution in [0.15, 0.2) is 47.6 Å². The number of halogens is 4. The number of amides is 1. The lowest BCUT2D eigenvalue weighted by atomic mass is 10.2. The van der Waals surface area contributed by atoms with Gasteiger partial charge in [0.25, 0.3) is 0 Å². The van der Waals surface area contributed by atoms with Crippen molar-refractivity contribution in [1.29, 1.82) is 0 Å². The molecule has 0 saturated heterocycles. The van der Waals surface area contributed by atoms with Crippen molar-refractivity contribution < 1.29 is 26.4 Å². The van der Waals surface area contributed by atoms with Crippen LogP contribution in [0.4, 0.5) is 18.9 Å². The minimum absolute atomic E-state index is 0.0439. The molecule has 26 heavy (non-hydrogen) atoms. The summed E-state index contributed by atoms with van der Waals surface area (Å²) in [4.78, 5) is 15.7. The van der Waals surface area contributed by atoms with Gasteiger partial charge in [0.15, 0.2) is 0 Å². The summed E-state index contributed by atoms with van der Waals surface area (Å²) in [7, 11) is -2.75. The van der Waals surface area contributed by atoms with Crippen LogP contribution in [0.2, 0.25) is 0 Å². The molecule has 0 bridgehead atoms. The van der Waals surface area contributed by atoms with E-state index in [0.29, 0.717) is 3.57 Å². The number of anilines is 1. The predicted molar refractivity (Wildman–Crippen MR) is 96.8 cm³/mol. The SMILES string of the molecule is CN(CC(=O)Nc1cc(C(F)(F)F)ccc1I)S(=O)(=O)c1cccnc1. The number of likely N-dealkylation sites (N-methyl/N-ethyl adjacent to an activating group) is 1. The third kappa shape index (κ3) is 4.92. The van der Waals surface area contributed by atoms with Gasteiger partial charge >= 0.3 is 6.18 Å². The monoisotopic (exact) mass is 499 g/mol. The zero-order chi connectivity index (χ0) is 19.5. The highest BCUT2D eigenvalue weighted by atomic mass is 127. The lowest BCUT2D eigenvalue weighted by Gasteiger charge is -2.17. The topological polar surface area (TPSA) is 79.4 Å². The molecule has 0 aliphatic carbocycles. The maximum absolute atomic E-state index is 12.8. The van der Waals surface area contributed by atoms with E-state index in [9.17, 15) is 26.4 Å². The van der Waals surface area contributed by atoms with Gasteiger partial charge in [0.2, 0.25) is 15.9 Å². The Balaban J connectivity index is 2.14. The number of carbonyl (C=O) groups excluding carboxylic acids is 1. The smallest absolute Gasteiger partial charge is 0.324 e. The van der Waals surface area contributed by atoms with Gasteiger partial charge in [-0.1, -0.05) is 0 Å². The number of carbonyl (C=O) groups is 1. The zero-order valence-corrected chi connectivity index (χ0v) is 16.3. The molecule has 1 amide bonds. The van der Waals surface area contributed by atoms with Crippen molar-refractivity contribution >= 4 is 44.2 Å². The highest BCUT2D eigenvalue weighted by Gasteiger charge is 2.31. The summed E-state index contributed by atoms with van der Waals surface area (Å²) in [5, 5.41) is 2.31. The van der Waals surface area contributed by atoms with Gasteiger partial charge in [0, 0.05) is 23.0 Å². The minimum Gasteiger partial charge on any atom is -0.324 e. The summed E-state index contributed by atoms with van der Waals surface area (Å²) in [6, 6.07) is 5.68. The number of aromatic nitrogens is 1. The minimum atomic E-state index is -4.55. The number of rotatable bonds is 5. The number of benzene rings is 1. The molecule has 2 aromatic rings. The standard InChI is InChI=1S/C15H13F3IN3O3S/c1-22(26(24,25)11-3-2-6-20-8-11)9-14(23)21-13-7-10(15(16,17)18)4-5-12(13)19/h2-8H,9H2,1H3,(H,21,23). The van der Waals surface area contributed by atoms with Crippen molar-refractivity contribution in [3.05, 3.63) is 51.9 Å². The number of nitrogens with zero attached hydrogens (tertiary/aromatic N) is 2. The van der Waals surface area contributed by atoms with E-state index in [1.165, 1.54) is 31.4 Å². The number of sulfonamides is 1. The quantitative estimate of drug-likeness (QED) is 0.642. The second kappa shape index (κ2) is 7.88. The molecule has 0 aliphatic heterocycles. The Kier molecular flexibility index (Phi) is 6.24. The predicted octanol–water partition coefficient (Wildman–Crippen LogP) is 2.96. The zero-order valence-electron chi connectivity index (χ0n) is 13.3. The van der Waals surface area contributed by atoms with Crippen LogP contribution in [-0.4, -0.2) is 37.2 Å². The summed E-state index contributed by atoms with van der Waals surface area (Å²) < 4.78 is 64.2. The average Bonchev–Trinajstić information content (AvgIpc) is 2.56. The molecule has 1 N–H and O–H groups in total. The van der Waals surface area contributed by atoms with E-state index in [0.717, 1.165) is 22.6 Å². The fraction of sp³-hybridized carbons (Fsp3) is 0.200. The Bertz CT molecular complexity index is 905. The number of alkyl halides is 3. The third-order valence-electron chi connectivity index (χ3n) is 3.28. The molecule has 0 aliphatic rings. The lowest BCUT2D eigenvalue weighted by Crippen LogP contribution is -2.35.